The minimum absolute atomic E-state index is 0.0518. The SMILES string of the molecule is CC1(C)CCC(C)(C)c2cc(N3B4c5cccc6c5N(c5ccccc5C6(c5ccccc5)c5ccccc5)c5cc6ccccc6c(c54)-c4c3ccc3sc5ccccc5c43)ccc21. The predicted molar refractivity (Wildman–Crippen MR) is 278 cm³/mol. The molecule has 14 rings (SSSR count). The molecule has 4 heterocycles. The highest BCUT2D eigenvalue weighted by atomic mass is 32.1. The fourth-order valence-electron chi connectivity index (χ4n) is 12.9. The minimum atomic E-state index is -0.571. The number of para-hydroxylation sites is 2. The number of benzene rings is 9. The predicted octanol–water partition coefficient (Wildman–Crippen LogP) is 15.0. The second kappa shape index (κ2) is 13.1. The van der Waals surface area contributed by atoms with Gasteiger partial charge in [-0.05, 0) is 127 Å². The van der Waals surface area contributed by atoms with Gasteiger partial charge in [-0.2, -0.15) is 0 Å². The Bertz CT molecular complexity index is 3600. The molecule has 0 saturated carbocycles. The van der Waals surface area contributed by atoms with Gasteiger partial charge in [0.25, 0.3) is 0 Å². The molecular formula is C61H47BN2S. The number of hydrogen-bond acceptors (Lipinski definition) is 3. The topological polar surface area (TPSA) is 6.48 Å². The summed E-state index contributed by atoms with van der Waals surface area (Å²) in [5.74, 6) is 0. The van der Waals surface area contributed by atoms with Crippen molar-refractivity contribution in [3.05, 3.63) is 221 Å². The fraction of sp³-hybridized carbons (Fsp3) is 0.148. The highest BCUT2D eigenvalue weighted by Gasteiger charge is 2.53. The second-order valence-electron chi connectivity index (χ2n) is 20.2. The van der Waals surface area contributed by atoms with Gasteiger partial charge in [0.05, 0.1) is 11.1 Å². The molecule has 65 heavy (non-hydrogen) atoms. The van der Waals surface area contributed by atoms with Crippen molar-refractivity contribution in [3.8, 4) is 11.1 Å². The monoisotopic (exact) mass is 850 g/mol. The molecule has 10 aromatic rings. The van der Waals surface area contributed by atoms with Gasteiger partial charge in [0.15, 0.2) is 0 Å². The van der Waals surface area contributed by atoms with E-state index in [1.165, 1.54) is 128 Å². The summed E-state index contributed by atoms with van der Waals surface area (Å²) in [5, 5.41) is 5.25. The van der Waals surface area contributed by atoms with Crippen LogP contribution in [-0.4, -0.2) is 6.85 Å². The molecule has 310 valence electrons. The normalized spacial score (nSPS) is 16.8. The lowest BCUT2D eigenvalue weighted by Gasteiger charge is -2.52. The second-order valence-corrected chi connectivity index (χ2v) is 21.3. The zero-order chi connectivity index (χ0) is 43.4. The van der Waals surface area contributed by atoms with Crippen LogP contribution in [0.15, 0.2) is 188 Å². The number of fused-ring (bicyclic) bond motifs is 13. The van der Waals surface area contributed by atoms with Crippen molar-refractivity contribution >= 4 is 88.5 Å². The largest absolute Gasteiger partial charge is 0.376 e. The van der Waals surface area contributed by atoms with Crippen LogP contribution in [0.5, 0.6) is 0 Å². The van der Waals surface area contributed by atoms with E-state index >= 15 is 0 Å². The van der Waals surface area contributed by atoms with Crippen molar-refractivity contribution in [3.63, 3.8) is 0 Å². The van der Waals surface area contributed by atoms with Gasteiger partial charge in [0.2, 0.25) is 0 Å². The maximum absolute atomic E-state index is 2.76. The summed E-state index contributed by atoms with van der Waals surface area (Å²) >= 11 is 1.92. The van der Waals surface area contributed by atoms with Crippen molar-refractivity contribution in [2.24, 2.45) is 0 Å². The van der Waals surface area contributed by atoms with Crippen LogP contribution in [0.25, 0.3) is 42.1 Å². The number of thiophene rings is 1. The molecular weight excluding hydrogens is 804 g/mol. The van der Waals surface area contributed by atoms with Gasteiger partial charge in [0.1, 0.15) is 0 Å². The van der Waals surface area contributed by atoms with E-state index in [0.29, 0.717) is 0 Å². The van der Waals surface area contributed by atoms with E-state index in [-0.39, 0.29) is 17.7 Å². The molecule has 0 fully saturated rings. The van der Waals surface area contributed by atoms with Crippen molar-refractivity contribution in [1.29, 1.82) is 0 Å². The number of rotatable bonds is 3. The molecule has 0 unspecified atom stereocenters. The average molecular weight is 851 g/mol. The lowest BCUT2D eigenvalue weighted by Crippen LogP contribution is -2.62. The van der Waals surface area contributed by atoms with Crippen LogP contribution in [0, 0.1) is 0 Å². The van der Waals surface area contributed by atoms with Gasteiger partial charge >= 0.3 is 6.85 Å². The summed E-state index contributed by atoms with van der Waals surface area (Å²) < 4.78 is 2.66. The first-order valence-corrected chi connectivity index (χ1v) is 24.2. The van der Waals surface area contributed by atoms with Crippen LogP contribution in [0.2, 0.25) is 0 Å². The van der Waals surface area contributed by atoms with Crippen LogP contribution in [0.3, 0.4) is 0 Å². The van der Waals surface area contributed by atoms with Gasteiger partial charge in [-0.15, -0.1) is 11.3 Å². The molecule has 0 spiro atoms. The third kappa shape index (κ3) is 4.85. The van der Waals surface area contributed by atoms with E-state index < -0.39 is 5.41 Å². The highest BCUT2D eigenvalue weighted by Crippen LogP contribution is 2.61. The fourth-order valence-corrected chi connectivity index (χ4v) is 14.0. The number of anilines is 5. The molecule has 0 N–H and O–H groups in total. The van der Waals surface area contributed by atoms with E-state index in [1.54, 1.807) is 0 Å². The lowest BCUT2D eigenvalue weighted by atomic mass is 9.42. The van der Waals surface area contributed by atoms with E-state index in [4.69, 9.17) is 0 Å². The van der Waals surface area contributed by atoms with Crippen molar-refractivity contribution in [2.75, 3.05) is 9.71 Å². The Morgan fingerprint density at radius 1 is 0.477 bits per heavy atom. The summed E-state index contributed by atoms with van der Waals surface area (Å²) in [6.45, 7) is 9.70. The standard InChI is InChI=1S/C61H47BN2S/c1-59(2)34-35-60(3,4)47-37-41(30-31-44(47)59)64-50-32-33-53-54(43-24-13-16-29-52(43)65-53)56(50)55-42-23-12-11-18-38(42)36-51-57(55)62(64)48-27-17-26-46-58(48)63(51)49-28-15-14-25-45(49)61(46,39-19-7-5-8-20-39)40-21-9-6-10-22-40/h5-33,36-37H,34-35H2,1-4H3. The first-order chi connectivity index (χ1) is 31.8. The summed E-state index contributed by atoms with van der Waals surface area (Å²) in [6.07, 6.45) is 2.35. The van der Waals surface area contributed by atoms with Crippen LogP contribution < -0.4 is 20.6 Å². The third-order valence-corrected chi connectivity index (χ3v) is 17.1. The van der Waals surface area contributed by atoms with E-state index in [1.807, 2.05) is 11.3 Å². The Kier molecular flexibility index (Phi) is 7.57. The zero-order valence-electron chi connectivity index (χ0n) is 37.2. The number of hydrogen-bond donors (Lipinski definition) is 0. The molecule has 0 bridgehead atoms. The van der Waals surface area contributed by atoms with Crippen molar-refractivity contribution in [2.45, 2.75) is 56.8 Å². The summed E-state index contributed by atoms with van der Waals surface area (Å²) in [4.78, 5) is 5.43. The van der Waals surface area contributed by atoms with Crippen LogP contribution >= 0.6 is 11.3 Å². The van der Waals surface area contributed by atoms with Crippen LogP contribution in [-0.2, 0) is 16.2 Å². The van der Waals surface area contributed by atoms with Gasteiger partial charge in [-0.3, -0.25) is 0 Å². The van der Waals surface area contributed by atoms with E-state index in [9.17, 15) is 0 Å². The van der Waals surface area contributed by atoms with Gasteiger partial charge in [-0.25, -0.2) is 0 Å². The van der Waals surface area contributed by atoms with Crippen molar-refractivity contribution in [1.82, 2.24) is 0 Å². The van der Waals surface area contributed by atoms with Crippen molar-refractivity contribution < 1.29 is 0 Å². The zero-order valence-corrected chi connectivity index (χ0v) is 38.0. The molecule has 0 radical (unpaired) electrons. The molecule has 4 heteroatoms. The molecule has 0 atom stereocenters. The van der Waals surface area contributed by atoms with Gasteiger partial charge in [-0.1, -0.05) is 173 Å². The smallest absolute Gasteiger partial charge is 0.333 e. The first-order valence-electron chi connectivity index (χ1n) is 23.3. The quantitative estimate of drug-likeness (QED) is 0.163. The first kappa shape index (κ1) is 37.5. The molecule has 1 aliphatic carbocycles. The third-order valence-electron chi connectivity index (χ3n) is 15.9. The Morgan fingerprint density at radius 2 is 1.14 bits per heavy atom. The number of nitrogens with zero attached hydrogens (tertiary/aromatic N) is 2. The average Bonchev–Trinajstić information content (AvgIpc) is 3.73. The van der Waals surface area contributed by atoms with E-state index in [2.05, 4.69) is 225 Å². The van der Waals surface area contributed by atoms with Crippen LogP contribution in [0.1, 0.15) is 73.9 Å². The van der Waals surface area contributed by atoms with Gasteiger partial charge in [0, 0.05) is 48.5 Å². The Morgan fingerprint density at radius 3 is 1.92 bits per heavy atom. The summed E-state index contributed by atoms with van der Waals surface area (Å²) in [5.41, 5.74) is 19.4. The molecule has 1 aromatic heterocycles. The molecule has 2 nitrogen and oxygen atoms in total. The molecule has 9 aromatic carbocycles. The summed E-state index contributed by atoms with van der Waals surface area (Å²) in [7, 11) is 0. The highest BCUT2D eigenvalue weighted by molar-refractivity contribution is 7.26. The molecule has 4 aliphatic rings. The maximum atomic E-state index is 2.76. The Balaban J connectivity index is 1.18. The van der Waals surface area contributed by atoms with E-state index in [0.717, 1.165) is 0 Å². The molecule has 0 amide bonds. The molecule has 0 saturated heterocycles. The minimum Gasteiger partial charge on any atom is -0.376 e. The van der Waals surface area contributed by atoms with Gasteiger partial charge < -0.3 is 9.71 Å². The Labute approximate surface area is 385 Å². The Hall–Kier alpha value is -6.88. The lowest BCUT2D eigenvalue weighted by molar-refractivity contribution is 0.332. The van der Waals surface area contributed by atoms with Crippen LogP contribution in [0.4, 0.5) is 28.4 Å². The maximum Gasteiger partial charge on any atom is 0.333 e. The molecule has 3 aliphatic heterocycles. The summed E-state index contributed by atoms with van der Waals surface area (Å²) in [6, 6.07) is 72.2.